The normalized spacial score (nSPS) is 12.8. The topological polar surface area (TPSA) is 91.5 Å². The molecule has 0 aliphatic rings. The molecule has 0 rings (SSSR count). The molecule has 0 aliphatic carbocycles. The average Bonchev–Trinajstić information content (AvgIpc) is 2.12. The first-order valence-corrected chi connectivity index (χ1v) is 3.22. The van der Waals surface area contributed by atoms with Crippen LogP contribution in [0.15, 0.2) is 10.3 Å². The molecule has 0 amide bonds. The third-order valence-electron chi connectivity index (χ3n) is 1.21. The van der Waals surface area contributed by atoms with E-state index in [0.717, 1.165) is 7.11 Å². The highest BCUT2D eigenvalue weighted by molar-refractivity contribution is 6.65. The van der Waals surface area contributed by atoms with Crippen molar-refractivity contribution in [1.29, 1.82) is 0 Å². The number of hydrogen-bond donors (Lipinski definition) is 2. The van der Waals surface area contributed by atoms with Gasteiger partial charge in [0.05, 0.1) is 7.11 Å². The number of carbonyl (C=O) groups excluding carboxylic acids is 1. The van der Waals surface area contributed by atoms with Gasteiger partial charge in [-0.25, -0.2) is 4.79 Å². The Morgan fingerprint density at radius 2 is 2.00 bits per heavy atom. The summed E-state index contributed by atoms with van der Waals surface area (Å²) in [4.78, 5) is 10.8. The van der Waals surface area contributed by atoms with Gasteiger partial charge in [0, 0.05) is 0 Å². The Morgan fingerprint density at radius 3 is 2.25 bits per heavy atom. The van der Waals surface area contributed by atoms with Crippen molar-refractivity contribution >= 4 is 17.4 Å². The molecule has 0 saturated heterocycles. The summed E-state index contributed by atoms with van der Waals surface area (Å²) >= 11 is 0. The Balaban J connectivity index is 4.68. The van der Waals surface area contributed by atoms with E-state index in [1.165, 1.54) is 0 Å². The number of nitrogens with zero attached hydrogens (tertiary/aromatic N) is 2. The van der Waals surface area contributed by atoms with Crippen LogP contribution in [0.5, 0.6) is 0 Å². The maximum Gasteiger partial charge on any atom is 0.362 e. The Hall–Kier alpha value is -1.59. The lowest BCUT2D eigenvalue weighted by molar-refractivity contribution is -0.132. The molecule has 68 valence electrons. The minimum atomic E-state index is -0.841. The Labute approximate surface area is 69.1 Å². The number of esters is 1. The van der Waals surface area contributed by atoms with Crippen LogP contribution in [0, 0.1) is 0 Å². The zero-order valence-corrected chi connectivity index (χ0v) is 6.81. The molecule has 0 aromatic rings. The van der Waals surface area contributed by atoms with Crippen molar-refractivity contribution in [1.82, 2.24) is 0 Å². The molecule has 6 heteroatoms. The van der Waals surface area contributed by atoms with Gasteiger partial charge in [0.2, 0.25) is 5.71 Å². The van der Waals surface area contributed by atoms with Gasteiger partial charge in [0.25, 0.3) is 0 Å². The van der Waals surface area contributed by atoms with Gasteiger partial charge in [0.15, 0.2) is 0 Å². The molecule has 6 nitrogen and oxygen atoms in total. The van der Waals surface area contributed by atoms with E-state index < -0.39 is 5.97 Å². The van der Waals surface area contributed by atoms with E-state index in [2.05, 4.69) is 15.0 Å². The van der Waals surface area contributed by atoms with Crippen LogP contribution in [-0.4, -0.2) is 34.9 Å². The molecule has 0 atom stereocenters. The van der Waals surface area contributed by atoms with Gasteiger partial charge >= 0.3 is 5.97 Å². The van der Waals surface area contributed by atoms with Gasteiger partial charge in [-0.3, -0.25) is 0 Å². The van der Waals surface area contributed by atoms with Crippen LogP contribution in [-0.2, 0) is 9.53 Å². The number of rotatable bonds is 3. The van der Waals surface area contributed by atoms with Crippen molar-refractivity contribution in [3.8, 4) is 0 Å². The summed E-state index contributed by atoms with van der Waals surface area (Å²) in [5.41, 5.74) is -0.410. The molecule has 0 saturated carbocycles. The molecule has 0 radical (unpaired) electrons. The van der Waals surface area contributed by atoms with Crippen molar-refractivity contribution in [2.75, 3.05) is 7.11 Å². The molecule has 12 heavy (non-hydrogen) atoms. The first kappa shape index (κ1) is 10.4. The second kappa shape index (κ2) is 5.11. The van der Waals surface area contributed by atoms with Crippen LogP contribution >= 0.6 is 0 Å². The molecule has 0 aromatic heterocycles. The van der Waals surface area contributed by atoms with Crippen molar-refractivity contribution in [2.24, 2.45) is 10.3 Å². The highest BCUT2D eigenvalue weighted by Crippen LogP contribution is 1.92. The first-order chi connectivity index (χ1) is 5.71. The van der Waals surface area contributed by atoms with Crippen molar-refractivity contribution in [2.45, 2.75) is 13.3 Å². The maximum absolute atomic E-state index is 10.8. The molecular formula is C6H10N2O4. The van der Waals surface area contributed by atoms with Crippen LogP contribution in [0.25, 0.3) is 0 Å². The lowest BCUT2D eigenvalue weighted by atomic mass is 10.2. The van der Waals surface area contributed by atoms with Gasteiger partial charge in [-0.15, -0.1) is 0 Å². The predicted octanol–water partition coefficient (Wildman–Crippen LogP) is 0.230. The summed E-state index contributed by atoms with van der Waals surface area (Å²) in [7, 11) is 1.14. The molecule has 2 N–H and O–H groups in total. The molecule has 0 aromatic carbocycles. The fourth-order valence-electron chi connectivity index (χ4n) is 0.599. The van der Waals surface area contributed by atoms with Crippen molar-refractivity contribution in [3.63, 3.8) is 0 Å². The number of oxime groups is 2. The summed E-state index contributed by atoms with van der Waals surface area (Å²) in [6.07, 6.45) is 0.269. The van der Waals surface area contributed by atoms with Crippen LogP contribution in [0.4, 0.5) is 0 Å². The van der Waals surface area contributed by atoms with Gasteiger partial charge < -0.3 is 15.2 Å². The van der Waals surface area contributed by atoms with Gasteiger partial charge in [-0.05, 0) is 6.42 Å². The lowest BCUT2D eigenvalue weighted by Crippen LogP contribution is -2.25. The summed E-state index contributed by atoms with van der Waals surface area (Å²) in [5.74, 6) is -0.841. The lowest BCUT2D eigenvalue weighted by Gasteiger charge is -2.00. The number of ether oxygens (including phenoxy) is 1. The van der Waals surface area contributed by atoms with E-state index in [0.29, 0.717) is 0 Å². The van der Waals surface area contributed by atoms with Crippen LogP contribution in [0.2, 0.25) is 0 Å². The van der Waals surface area contributed by atoms with Crippen molar-refractivity contribution < 1.29 is 19.9 Å². The Bertz CT molecular complexity index is 222. The highest BCUT2D eigenvalue weighted by atomic mass is 16.5. The Morgan fingerprint density at radius 1 is 1.42 bits per heavy atom. The monoisotopic (exact) mass is 174 g/mol. The largest absolute Gasteiger partial charge is 0.464 e. The fraction of sp³-hybridized carbons (Fsp3) is 0.500. The third kappa shape index (κ3) is 2.22. The average molecular weight is 174 g/mol. The molecular weight excluding hydrogens is 164 g/mol. The van der Waals surface area contributed by atoms with Crippen LogP contribution in [0.1, 0.15) is 13.3 Å². The molecule has 0 unspecified atom stereocenters. The standard InChI is InChI=1S/C6H10N2O4/c1-3-4(7-10)5(8-11)6(9)12-2/h10-11H,3H2,1-2H3. The van der Waals surface area contributed by atoms with Crippen molar-refractivity contribution in [3.05, 3.63) is 0 Å². The second-order valence-corrected chi connectivity index (χ2v) is 1.84. The van der Waals surface area contributed by atoms with Crippen LogP contribution < -0.4 is 0 Å². The van der Waals surface area contributed by atoms with Gasteiger partial charge in [-0.1, -0.05) is 17.2 Å². The molecule has 0 aliphatic heterocycles. The third-order valence-corrected chi connectivity index (χ3v) is 1.21. The summed E-state index contributed by atoms with van der Waals surface area (Å²) in [5, 5.41) is 22.1. The SMILES string of the molecule is CCC(=NO)C(=NO)C(=O)OC. The van der Waals surface area contributed by atoms with E-state index in [1.54, 1.807) is 6.92 Å². The number of hydrogen-bond acceptors (Lipinski definition) is 6. The molecule has 0 fully saturated rings. The second-order valence-electron chi connectivity index (χ2n) is 1.84. The minimum Gasteiger partial charge on any atom is -0.464 e. The zero-order valence-electron chi connectivity index (χ0n) is 6.81. The van der Waals surface area contributed by atoms with Crippen LogP contribution in [0.3, 0.4) is 0 Å². The summed E-state index contributed by atoms with van der Waals surface area (Å²) in [6, 6.07) is 0. The summed E-state index contributed by atoms with van der Waals surface area (Å²) < 4.78 is 4.27. The van der Waals surface area contributed by atoms with Gasteiger partial charge in [-0.2, -0.15) is 0 Å². The van der Waals surface area contributed by atoms with Gasteiger partial charge in [0.1, 0.15) is 5.71 Å². The maximum atomic E-state index is 10.8. The molecule has 0 bridgehead atoms. The number of carbonyl (C=O) groups is 1. The van der Waals surface area contributed by atoms with E-state index in [-0.39, 0.29) is 17.8 Å². The quantitative estimate of drug-likeness (QED) is 0.277. The minimum absolute atomic E-state index is 0.0237. The molecule has 0 heterocycles. The van der Waals surface area contributed by atoms with E-state index in [4.69, 9.17) is 10.4 Å². The van der Waals surface area contributed by atoms with E-state index >= 15 is 0 Å². The smallest absolute Gasteiger partial charge is 0.362 e. The van der Waals surface area contributed by atoms with E-state index in [1.807, 2.05) is 0 Å². The fourth-order valence-corrected chi connectivity index (χ4v) is 0.599. The summed E-state index contributed by atoms with van der Waals surface area (Å²) in [6.45, 7) is 1.64. The van der Waals surface area contributed by atoms with E-state index in [9.17, 15) is 4.79 Å². The predicted molar refractivity (Wildman–Crippen MR) is 40.8 cm³/mol. The Kier molecular flexibility index (Phi) is 4.43. The zero-order chi connectivity index (χ0) is 9.56. The highest BCUT2D eigenvalue weighted by Gasteiger charge is 2.18. The molecule has 0 spiro atoms. The number of methoxy groups -OCH3 is 1. The first-order valence-electron chi connectivity index (χ1n) is 3.22.